The van der Waals surface area contributed by atoms with Gasteiger partial charge in [-0.3, -0.25) is 4.79 Å². The van der Waals surface area contributed by atoms with Crippen molar-refractivity contribution in [3.05, 3.63) is 0 Å². The molecule has 0 aliphatic carbocycles. The quantitative estimate of drug-likeness (QED) is 0.460. The maximum absolute atomic E-state index is 11.6. The van der Waals surface area contributed by atoms with E-state index in [9.17, 15) is 4.79 Å². The molecule has 5 nitrogen and oxygen atoms in total. The molecular weight excluding hydrogens is 222 g/mol. The van der Waals surface area contributed by atoms with Crippen LogP contribution in [0.3, 0.4) is 0 Å². The SMILES string of the molecule is CCNC(C)(C)C(=O)OCCCOCCOC. The van der Waals surface area contributed by atoms with Gasteiger partial charge in [-0.2, -0.15) is 0 Å². The van der Waals surface area contributed by atoms with Crippen LogP contribution < -0.4 is 5.32 Å². The molecular formula is C12H25NO4. The number of nitrogens with one attached hydrogen (secondary N) is 1. The molecule has 0 aromatic rings. The Morgan fingerprint density at radius 2 is 1.88 bits per heavy atom. The first-order valence-corrected chi connectivity index (χ1v) is 6.03. The molecule has 0 saturated heterocycles. The topological polar surface area (TPSA) is 56.8 Å². The predicted octanol–water partition coefficient (Wildman–Crippen LogP) is 0.971. The summed E-state index contributed by atoms with van der Waals surface area (Å²) in [5.74, 6) is -0.226. The number of carbonyl (C=O) groups excluding carboxylic acids is 1. The Morgan fingerprint density at radius 3 is 2.47 bits per heavy atom. The molecule has 0 aliphatic rings. The summed E-state index contributed by atoms with van der Waals surface area (Å²) >= 11 is 0. The molecule has 17 heavy (non-hydrogen) atoms. The number of rotatable bonds is 10. The minimum atomic E-state index is -0.619. The number of esters is 1. The molecule has 0 atom stereocenters. The van der Waals surface area contributed by atoms with Gasteiger partial charge in [0.1, 0.15) is 5.54 Å². The van der Waals surface area contributed by atoms with Crippen LogP contribution in [0.1, 0.15) is 27.2 Å². The zero-order valence-electron chi connectivity index (χ0n) is 11.4. The second-order valence-electron chi connectivity index (χ2n) is 4.25. The summed E-state index contributed by atoms with van der Waals surface area (Å²) in [7, 11) is 1.63. The fraction of sp³-hybridized carbons (Fsp3) is 0.917. The maximum Gasteiger partial charge on any atom is 0.325 e. The number of carbonyl (C=O) groups is 1. The lowest BCUT2D eigenvalue weighted by atomic mass is 10.1. The number of methoxy groups -OCH3 is 1. The summed E-state index contributed by atoms with van der Waals surface area (Å²) in [5, 5.41) is 3.07. The zero-order valence-corrected chi connectivity index (χ0v) is 11.4. The fourth-order valence-electron chi connectivity index (χ4n) is 1.26. The van der Waals surface area contributed by atoms with E-state index in [4.69, 9.17) is 14.2 Å². The van der Waals surface area contributed by atoms with Crippen molar-refractivity contribution in [2.24, 2.45) is 0 Å². The Bertz CT molecular complexity index is 207. The molecule has 0 spiro atoms. The van der Waals surface area contributed by atoms with Crippen LogP contribution in [0.15, 0.2) is 0 Å². The second-order valence-corrected chi connectivity index (χ2v) is 4.25. The number of hydrogen-bond acceptors (Lipinski definition) is 5. The van der Waals surface area contributed by atoms with Gasteiger partial charge in [0.2, 0.25) is 0 Å². The van der Waals surface area contributed by atoms with Crippen LogP contribution in [-0.2, 0) is 19.0 Å². The van der Waals surface area contributed by atoms with Crippen LogP contribution in [0.2, 0.25) is 0 Å². The van der Waals surface area contributed by atoms with E-state index in [1.54, 1.807) is 7.11 Å². The first-order chi connectivity index (χ1) is 8.04. The van der Waals surface area contributed by atoms with Gasteiger partial charge in [-0.15, -0.1) is 0 Å². The van der Waals surface area contributed by atoms with Crippen LogP contribution in [0, 0.1) is 0 Å². The Labute approximate surface area is 104 Å². The fourth-order valence-corrected chi connectivity index (χ4v) is 1.26. The minimum Gasteiger partial charge on any atom is -0.464 e. The monoisotopic (exact) mass is 247 g/mol. The van der Waals surface area contributed by atoms with Crippen LogP contribution in [-0.4, -0.2) is 51.6 Å². The van der Waals surface area contributed by atoms with Gasteiger partial charge in [-0.25, -0.2) is 0 Å². The van der Waals surface area contributed by atoms with E-state index < -0.39 is 5.54 Å². The van der Waals surface area contributed by atoms with E-state index in [0.29, 0.717) is 32.8 Å². The second kappa shape index (κ2) is 9.39. The predicted molar refractivity (Wildman–Crippen MR) is 66.0 cm³/mol. The standard InChI is InChI=1S/C12H25NO4/c1-5-13-12(2,3)11(14)17-8-6-7-16-10-9-15-4/h13H,5-10H2,1-4H3. The third-order valence-electron chi connectivity index (χ3n) is 2.23. The van der Waals surface area contributed by atoms with Gasteiger partial charge in [-0.1, -0.05) is 6.92 Å². The zero-order chi connectivity index (χ0) is 13.1. The van der Waals surface area contributed by atoms with Crippen molar-refractivity contribution in [3.8, 4) is 0 Å². The highest BCUT2D eigenvalue weighted by Crippen LogP contribution is 2.04. The maximum atomic E-state index is 11.6. The summed E-state index contributed by atoms with van der Waals surface area (Å²) in [6.45, 7) is 8.46. The molecule has 0 saturated carbocycles. The highest BCUT2D eigenvalue weighted by molar-refractivity contribution is 5.79. The highest BCUT2D eigenvalue weighted by atomic mass is 16.5. The van der Waals surface area contributed by atoms with Gasteiger partial charge in [0.05, 0.1) is 19.8 Å². The van der Waals surface area contributed by atoms with Crippen molar-refractivity contribution in [3.63, 3.8) is 0 Å². The van der Waals surface area contributed by atoms with Gasteiger partial charge < -0.3 is 19.5 Å². The Kier molecular flexibility index (Phi) is 9.03. The molecule has 0 fully saturated rings. The number of hydrogen-bond donors (Lipinski definition) is 1. The Hall–Kier alpha value is -0.650. The highest BCUT2D eigenvalue weighted by Gasteiger charge is 2.27. The number of likely N-dealkylation sites (N-methyl/N-ethyl adjacent to an activating group) is 1. The van der Waals surface area contributed by atoms with Gasteiger partial charge in [0.25, 0.3) is 0 Å². The van der Waals surface area contributed by atoms with Crippen molar-refractivity contribution in [1.29, 1.82) is 0 Å². The lowest BCUT2D eigenvalue weighted by molar-refractivity contribution is -0.150. The lowest BCUT2D eigenvalue weighted by Crippen LogP contribution is -2.47. The van der Waals surface area contributed by atoms with Crippen LogP contribution in [0.25, 0.3) is 0 Å². The van der Waals surface area contributed by atoms with Gasteiger partial charge in [0, 0.05) is 20.1 Å². The molecule has 0 amide bonds. The molecule has 0 unspecified atom stereocenters. The molecule has 0 aliphatic heterocycles. The van der Waals surface area contributed by atoms with Crippen molar-refractivity contribution >= 4 is 5.97 Å². The average Bonchev–Trinajstić information content (AvgIpc) is 2.27. The van der Waals surface area contributed by atoms with E-state index in [1.807, 2.05) is 20.8 Å². The van der Waals surface area contributed by atoms with E-state index >= 15 is 0 Å². The van der Waals surface area contributed by atoms with Crippen molar-refractivity contribution in [2.75, 3.05) is 40.1 Å². The molecule has 102 valence electrons. The van der Waals surface area contributed by atoms with Gasteiger partial charge in [0.15, 0.2) is 0 Å². The summed E-state index contributed by atoms with van der Waals surface area (Å²) in [6.07, 6.45) is 0.706. The summed E-state index contributed by atoms with van der Waals surface area (Å²) in [5.41, 5.74) is -0.619. The molecule has 5 heteroatoms. The number of ether oxygens (including phenoxy) is 3. The van der Waals surface area contributed by atoms with Crippen molar-refractivity contribution < 1.29 is 19.0 Å². The van der Waals surface area contributed by atoms with Crippen molar-refractivity contribution in [1.82, 2.24) is 5.32 Å². The Balaban J connectivity index is 3.51. The van der Waals surface area contributed by atoms with E-state index in [2.05, 4.69) is 5.32 Å². The molecule has 0 aromatic carbocycles. The third kappa shape index (κ3) is 8.12. The van der Waals surface area contributed by atoms with Gasteiger partial charge in [-0.05, 0) is 20.4 Å². The minimum absolute atomic E-state index is 0.226. The molecule has 0 rings (SSSR count). The molecule has 0 aromatic heterocycles. The Morgan fingerprint density at radius 1 is 1.18 bits per heavy atom. The van der Waals surface area contributed by atoms with Crippen molar-refractivity contribution in [2.45, 2.75) is 32.7 Å². The summed E-state index contributed by atoms with van der Waals surface area (Å²) in [6, 6.07) is 0. The molecule has 0 bridgehead atoms. The molecule has 0 heterocycles. The van der Waals surface area contributed by atoms with Gasteiger partial charge >= 0.3 is 5.97 Å². The average molecular weight is 247 g/mol. The lowest BCUT2D eigenvalue weighted by Gasteiger charge is -2.23. The van der Waals surface area contributed by atoms with E-state index in [1.165, 1.54) is 0 Å². The summed E-state index contributed by atoms with van der Waals surface area (Å²) < 4.78 is 15.2. The van der Waals surface area contributed by atoms with Crippen LogP contribution >= 0.6 is 0 Å². The third-order valence-corrected chi connectivity index (χ3v) is 2.23. The molecule has 1 N–H and O–H groups in total. The first kappa shape index (κ1) is 16.4. The first-order valence-electron chi connectivity index (χ1n) is 6.03. The normalized spacial score (nSPS) is 11.5. The van der Waals surface area contributed by atoms with Crippen LogP contribution in [0.5, 0.6) is 0 Å². The summed E-state index contributed by atoms with van der Waals surface area (Å²) in [4.78, 5) is 11.6. The van der Waals surface area contributed by atoms with E-state index in [-0.39, 0.29) is 5.97 Å². The largest absolute Gasteiger partial charge is 0.464 e. The molecule has 0 radical (unpaired) electrons. The smallest absolute Gasteiger partial charge is 0.325 e. The van der Waals surface area contributed by atoms with E-state index in [0.717, 1.165) is 6.54 Å². The van der Waals surface area contributed by atoms with Crippen LogP contribution in [0.4, 0.5) is 0 Å².